The van der Waals surface area contributed by atoms with E-state index in [-0.39, 0.29) is 29.3 Å². The maximum Gasteiger partial charge on any atom is 0.358 e. The zero-order valence-electron chi connectivity index (χ0n) is 13.5. The lowest BCUT2D eigenvalue weighted by Gasteiger charge is -2.48. The van der Waals surface area contributed by atoms with Gasteiger partial charge in [0.2, 0.25) is 5.91 Å². The number of aromatic carboxylic acids is 1. The summed E-state index contributed by atoms with van der Waals surface area (Å²) in [4.78, 5) is 25.3. The van der Waals surface area contributed by atoms with Crippen LogP contribution in [0.5, 0.6) is 0 Å². The maximum atomic E-state index is 12.6. The number of hydrogen-bond acceptors (Lipinski definition) is 5. The second-order valence-electron chi connectivity index (χ2n) is 7.11. The first-order valence-corrected chi connectivity index (χ1v) is 7.90. The fourth-order valence-corrected chi connectivity index (χ4v) is 3.68. The van der Waals surface area contributed by atoms with Crippen molar-refractivity contribution in [1.82, 2.24) is 19.9 Å². The highest BCUT2D eigenvalue weighted by Crippen LogP contribution is 2.40. The monoisotopic (exact) mass is 322 g/mol. The molecule has 126 valence electrons. The molecule has 8 heteroatoms. The molecule has 2 heterocycles. The molecule has 1 N–H and O–H groups in total. The lowest BCUT2D eigenvalue weighted by molar-refractivity contribution is -0.198. The first-order valence-electron chi connectivity index (χ1n) is 7.90. The molecule has 0 atom stereocenters. The molecule has 0 unspecified atom stereocenters. The summed E-state index contributed by atoms with van der Waals surface area (Å²) in [5.41, 5.74) is -0.772. The van der Waals surface area contributed by atoms with Crippen LogP contribution >= 0.6 is 0 Å². The molecule has 0 radical (unpaired) electrons. The predicted molar refractivity (Wildman–Crippen MR) is 79.9 cm³/mol. The van der Waals surface area contributed by atoms with E-state index in [0.29, 0.717) is 13.1 Å². The van der Waals surface area contributed by atoms with E-state index in [1.165, 1.54) is 10.9 Å². The fourth-order valence-electron chi connectivity index (χ4n) is 3.68. The van der Waals surface area contributed by atoms with Crippen LogP contribution < -0.4 is 0 Å². The van der Waals surface area contributed by atoms with Gasteiger partial charge in [-0.05, 0) is 26.7 Å². The Morgan fingerprint density at radius 2 is 2.00 bits per heavy atom. The molecule has 0 bridgehead atoms. The molecule has 2 aliphatic rings. The van der Waals surface area contributed by atoms with E-state index in [2.05, 4.69) is 10.3 Å². The van der Waals surface area contributed by atoms with Gasteiger partial charge in [-0.1, -0.05) is 18.1 Å². The summed E-state index contributed by atoms with van der Waals surface area (Å²) in [6.45, 7) is 5.12. The molecular weight excluding hydrogens is 300 g/mol. The first-order chi connectivity index (χ1) is 10.8. The van der Waals surface area contributed by atoms with Crippen LogP contribution in [0.3, 0.4) is 0 Å². The quantitative estimate of drug-likeness (QED) is 0.889. The van der Waals surface area contributed by atoms with Crippen LogP contribution in [0.1, 0.15) is 50.0 Å². The molecule has 1 aromatic rings. The van der Waals surface area contributed by atoms with Crippen molar-refractivity contribution >= 4 is 11.9 Å². The van der Waals surface area contributed by atoms with Gasteiger partial charge in [-0.25, -0.2) is 9.48 Å². The number of morpholine rings is 1. The molecule has 23 heavy (non-hydrogen) atoms. The number of carboxylic acids is 1. The van der Waals surface area contributed by atoms with Crippen LogP contribution in [-0.4, -0.2) is 61.2 Å². The lowest BCUT2D eigenvalue weighted by Crippen LogP contribution is -2.60. The smallest absolute Gasteiger partial charge is 0.358 e. The van der Waals surface area contributed by atoms with Gasteiger partial charge in [0, 0.05) is 13.1 Å². The van der Waals surface area contributed by atoms with Gasteiger partial charge in [-0.3, -0.25) is 4.79 Å². The van der Waals surface area contributed by atoms with Gasteiger partial charge in [0.15, 0.2) is 5.69 Å². The van der Waals surface area contributed by atoms with Crippen LogP contribution in [0.15, 0.2) is 6.20 Å². The van der Waals surface area contributed by atoms with Gasteiger partial charge in [0.1, 0.15) is 6.54 Å². The largest absolute Gasteiger partial charge is 0.476 e. The minimum Gasteiger partial charge on any atom is -0.476 e. The molecule has 1 amide bonds. The van der Waals surface area contributed by atoms with Crippen molar-refractivity contribution in [2.24, 2.45) is 0 Å². The third kappa shape index (κ3) is 3.36. The zero-order chi connectivity index (χ0) is 16.7. The number of carbonyl (C=O) groups is 2. The third-order valence-electron chi connectivity index (χ3n) is 4.47. The van der Waals surface area contributed by atoms with Crippen molar-refractivity contribution in [2.75, 3.05) is 13.1 Å². The Morgan fingerprint density at radius 1 is 1.30 bits per heavy atom. The van der Waals surface area contributed by atoms with E-state index in [4.69, 9.17) is 9.84 Å². The maximum absolute atomic E-state index is 12.6. The number of nitrogens with zero attached hydrogens (tertiary/aromatic N) is 4. The van der Waals surface area contributed by atoms with Gasteiger partial charge in [0.05, 0.1) is 17.4 Å². The number of carbonyl (C=O) groups excluding carboxylic acids is 1. The number of aromatic nitrogens is 3. The number of rotatable bonds is 3. The van der Waals surface area contributed by atoms with Gasteiger partial charge < -0.3 is 14.7 Å². The second kappa shape index (κ2) is 5.59. The molecule has 8 nitrogen and oxygen atoms in total. The van der Waals surface area contributed by atoms with Crippen molar-refractivity contribution in [3.05, 3.63) is 11.9 Å². The van der Waals surface area contributed by atoms with E-state index in [1.807, 2.05) is 18.7 Å². The van der Waals surface area contributed by atoms with Crippen molar-refractivity contribution in [3.8, 4) is 0 Å². The van der Waals surface area contributed by atoms with Gasteiger partial charge in [0.25, 0.3) is 0 Å². The van der Waals surface area contributed by atoms with E-state index >= 15 is 0 Å². The Bertz CT molecular complexity index is 619. The normalized spacial score (nSPS) is 22.4. The average molecular weight is 322 g/mol. The average Bonchev–Trinajstić information content (AvgIpc) is 3.06. The minimum atomic E-state index is -1.15. The molecular formula is C15H22N4O4. The number of ether oxygens (including phenoxy) is 1. The fraction of sp³-hybridized carbons (Fsp3) is 0.733. The highest BCUT2D eigenvalue weighted by molar-refractivity contribution is 5.84. The van der Waals surface area contributed by atoms with Crippen LogP contribution in [0.25, 0.3) is 0 Å². The SMILES string of the molecule is CC1(C)CN(C(=O)Cn2cc(C(=O)O)nn2)CC2(CCCC2)O1. The zero-order valence-corrected chi connectivity index (χ0v) is 13.5. The minimum absolute atomic E-state index is 0.00750. The summed E-state index contributed by atoms with van der Waals surface area (Å²) in [6, 6.07) is 0. The van der Waals surface area contributed by atoms with E-state index in [9.17, 15) is 9.59 Å². The topological polar surface area (TPSA) is 97.6 Å². The molecule has 2 fully saturated rings. The molecule has 1 aliphatic heterocycles. The Hall–Kier alpha value is -1.96. The number of amides is 1. The summed E-state index contributed by atoms with van der Waals surface area (Å²) >= 11 is 0. The Labute approximate surface area is 134 Å². The lowest BCUT2D eigenvalue weighted by atomic mass is 9.94. The highest BCUT2D eigenvalue weighted by Gasteiger charge is 2.46. The molecule has 3 rings (SSSR count). The van der Waals surface area contributed by atoms with Crippen LogP contribution in [-0.2, 0) is 16.1 Å². The van der Waals surface area contributed by atoms with Gasteiger partial charge in [-0.2, -0.15) is 0 Å². The van der Waals surface area contributed by atoms with Crippen LogP contribution in [0, 0.1) is 0 Å². The van der Waals surface area contributed by atoms with Crippen molar-refractivity contribution in [2.45, 2.75) is 57.3 Å². The van der Waals surface area contributed by atoms with Crippen molar-refractivity contribution in [1.29, 1.82) is 0 Å². The van der Waals surface area contributed by atoms with E-state index < -0.39 is 5.97 Å². The second-order valence-corrected chi connectivity index (χ2v) is 7.11. The third-order valence-corrected chi connectivity index (χ3v) is 4.47. The molecule has 0 aromatic carbocycles. The Kier molecular flexibility index (Phi) is 3.87. The summed E-state index contributed by atoms with van der Waals surface area (Å²) in [5, 5.41) is 16.1. The number of carboxylic acid groups (broad SMARTS) is 1. The molecule has 1 aromatic heterocycles. The molecule has 1 spiro atoms. The predicted octanol–water partition coefficient (Wildman–Crippen LogP) is 0.926. The summed E-state index contributed by atoms with van der Waals surface area (Å²) < 4.78 is 7.56. The van der Waals surface area contributed by atoms with Gasteiger partial charge in [-0.15, -0.1) is 5.10 Å². The van der Waals surface area contributed by atoms with Crippen LogP contribution in [0.2, 0.25) is 0 Å². The van der Waals surface area contributed by atoms with E-state index in [1.54, 1.807) is 0 Å². The Morgan fingerprint density at radius 3 is 2.61 bits per heavy atom. The van der Waals surface area contributed by atoms with Crippen molar-refractivity contribution in [3.63, 3.8) is 0 Å². The number of hydrogen-bond donors (Lipinski definition) is 1. The molecule has 1 saturated carbocycles. The summed E-state index contributed by atoms with van der Waals surface area (Å²) in [7, 11) is 0. The standard InChI is InChI=1S/C15H22N4O4/c1-14(2)9-18(10-15(23-14)5-3-4-6-15)12(20)8-19-7-11(13(21)22)16-17-19/h7H,3-6,8-10H2,1-2H3,(H,21,22). The van der Waals surface area contributed by atoms with Gasteiger partial charge >= 0.3 is 5.97 Å². The highest BCUT2D eigenvalue weighted by atomic mass is 16.5. The van der Waals surface area contributed by atoms with E-state index in [0.717, 1.165) is 25.7 Å². The van der Waals surface area contributed by atoms with Crippen molar-refractivity contribution < 1.29 is 19.4 Å². The Balaban J connectivity index is 1.71. The first kappa shape index (κ1) is 15.9. The molecule has 1 saturated heterocycles. The summed E-state index contributed by atoms with van der Waals surface area (Å²) in [5.74, 6) is -1.24. The summed E-state index contributed by atoms with van der Waals surface area (Å²) in [6.07, 6.45) is 5.49. The van der Waals surface area contributed by atoms with Crippen LogP contribution in [0.4, 0.5) is 0 Å². The molecule has 1 aliphatic carbocycles.